The summed E-state index contributed by atoms with van der Waals surface area (Å²) in [5.41, 5.74) is 22.8. The molecule has 0 saturated carbocycles. The number of aromatic amines is 3. The highest BCUT2D eigenvalue weighted by molar-refractivity contribution is 6.21. The van der Waals surface area contributed by atoms with E-state index in [1.54, 1.807) is 46.5 Å². The number of hydrogen-bond acceptors (Lipinski definition) is 6. The van der Waals surface area contributed by atoms with Gasteiger partial charge in [0.25, 0.3) is 11.8 Å². The van der Waals surface area contributed by atoms with Crippen molar-refractivity contribution >= 4 is 50.2 Å². The third kappa shape index (κ3) is 26.2. The molecule has 6 aliphatic rings. The minimum absolute atomic E-state index is 0.0811. The molecule has 3 aliphatic heterocycles. The van der Waals surface area contributed by atoms with Crippen LogP contribution in [0.2, 0.25) is 0 Å². The summed E-state index contributed by atoms with van der Waals surface area (Å²) >= 11 is 0. The van der Waals surface area contributed by atoms with Gasteiger partial charge in [0, 0.05) is 119 Å². The van der Waals surface area contributed by atoms with Crippen molar-refractivity contribution in [3.8, 4) is 0 Å². The van der Waals surface area contributed by atoms with Crippen LogP contribution >= 0.6 is 0 Å². The highest BCUT2D eigenvalue weighted by atomic mass is 16.2. The molecule has 12 aromatic rings. The Bertz CT molecular complexity index is 4730. The van der Waals surface area contributed by atoms with Crippen LogP contribution in [0.1, 0.15) is 225 Å². The maximum absolute atomic E-state index is 11.8. The van der Waals surface area contributed by atoms with Gasteiger partial charge < -0.3 is 30.5 Å². The average molecular weight is 1570 g/mol. The lowest BCUT2D eigenvalue weighted by Crippen LogP contribution is -2.59. The summed E-state index contributed by atoms with van der Waals surface area (Å²) in [5, 5.41) is 11.2. The number of carbonyl (C=O) groups excluding carboxylic acids is 2. The van der Waals surface area contributed by atoms with Crippen molar-refractivity contribution in [1.82, 2.24) is 35.4 Å². The number of nitrogens with one attached hydrogen (secondary N) is 5. The van der Waals surface area contributed by atoms with Gasteiger partial charge in [-0.15, -0.1) is 0 Å². The van der Waals surface area contributed by atoms with Crippen LogP contribution in [-0.2, 0) is 64.5 Å². The number of carbonyl (C=O) groups is 2. The van der Waals surface area contributed by atoms with E-state index in [-0.39, 0.29) is 17.9 Å². The van der Waals surface area contributed by atoms with Gasteiger partial charge in [-0.25, -0.2) is 0 Å². The first-order chi connectivity index (χ1) is 56.3. The van der Waals surface area contributed by atoms with E-state index in [1.165, 1.54) is 140 Å². The number of benzene rings is 9. The molecular weight excluding hydrogens is 1430 g/mol. The first-order valence-corrected chi connectivity index (χ1v) is 44.2. The number of imide groups is 1. The van der Waals surface area contributed by atoms with Gasteiger partial charge in [-0.05, 0) is 237 Å². The molecule has 10 heteroatoms. The summed E-state index contributed by atoms with van der Waals surface area (Å²) < 4.78 is 0. The fourth-order valence-electron chi connectivity index (χ4n) is 17.1. The van der Waals surface area contributed by atoms with Crippen LogP contribution in [0.5, 0.6) is 0 Å². The normalized spacial score (nSPS) is 14.8. The van der Waals surface area contributed by atoms with Gasteiger partial charge in [-0.2, -0.15) is 0 Å². The Morgan fingerprint density at radius 1 is 0.376 bits per heavy atom. The van der Waals surface area contributed by atoms with Crippen molar-refractivity contribution in [1.29, 1.82) is 0 Å². The van der Waals surface area contributed by atoms with Crippen molar-refractivity contribution in [3.05, 3.63) is 315 Å². The lowest BCUT2D eigenvalue weighted by Gasteiger charge is -2.42. The molecule has 3 aromatic heterocycles. The fraction of sp³-hybridized carbons (Fsp3) is 0.421. The second-order valence-corrected chi connectivity index (χ2v) is 36.4. The molecule has 18 rings (SSSR count). The van der Waals surface area contributed by atoms with Gasteiger partial charge in [0.1, 0.15) is 0 Å². The van der Waals surface area contributed by atoms with E-state index in [0.29, 0.717) is 47.3 Å². The maximum Gasteiger partial charge on any atom is 0.261 e. The molecule has 5 N–H and O–H groups in total. The third-order valence-electron chi connectivity index (χ3n) is 23.3. The van der Waals surface area contributed by atoms with Gasteiger partial charge >= 0.3 is 0 Å². The lowest BCUT2D eigenvalue weighted by molar-refractivity contribution is 0.0608. The van der Waals surface area contributed by atoms with Gasteiger partial charge in [-0.3, -0.25) is 19.4 Å². The molecule has 2 amide bonds. The maximum atomic E-state index is 11.8. The highest BCUT2D eigenvalue weighted by Gasteiger charge is 2.37. The van der Waals surface area contributed by atoms with E-state index in [0.717, 1.165) is 68.1 Å². The van der Waals surface area contributed by atoms with Gasteiger partial charge in [0.05, 0.1) is 11.1 Å². The highest BCUT2D eigenvalue weighted by Crippen LogP contribution is 2.34. The zero-order chi connectivity index (χ0) is 83.7. The fourth-order valence-corrected chi connectivity index (χ4v) is 17.1. The van der Waals surface area contributed by atoms with E-state index >= 15 is 0 Å². The van der Waals surface area contributed by atoms with E-state index in [1.807, 2.05) is 13.8 Å². The Kier molecular flexibility index (Phi) is 34.0. The zero-order valence-corrected chi connectivity index (χ0v) is 74.2. The molecule has 117 heavy (non-hydrogen) atoms. The van der Waals surface area contributed by atoms with Crippen LogP contribution in [0.25, 0.3) is 32.7 Å². The summed E-state index contributed by atoms with van der Waals surface area (Å²) in [4.78, 5) is 39.6. The monoisotopic (exact) mass is 1570 g/mol. The average Bonchev–Trinajstić information content (AvgIpc) is 1.63. The summed E-state index contributed by atoms with van der Waals surface area (Å²) in [6.45, 7) is 44.3. The van der Waals surface area contributed by atoms with Crippen molar-refractivity contribution in [2.45, 2.75) is 244 Å². The topological polar surface area (TPSA) is 115 Å². The molecule has 3 aliphatic carbocycles. The number of H-pyrrole nitrogens is 3. The van der Waals surface area contributed by atoms with Crippen LogP contribution < -0.4 is 15.5 Å². The molecule has 0 atom stereocenters. The minimum atomic E-state index is -0.180. The van der Waals surface area contributed by atoms with E-state index in [9.17, 15) is 9.59 Å². The smallest absolute Gasteiger partial charge is 0.261 e. The molecule has 0 radical (unpaired) electrons. The number of rotatable bonds is 16. The summed E-state index contributed by atoms with van der Waals surface area (Å²) in [6.07, 6.45) is 19.0. The van der Waals surface area contributed by atoms with Crippen molar-refractivity contribution in [3.63, 3.8) is 0 Å². The Labute approximate surface area is 703 Å². The predicted molar refractivity (Wildman–Crippen MR) is 499 cm³/mol. The Morgan fingerprint density at radius 2 is 0.769 bits per heavy atom. The summed E-state index contributed by atoms with van der Waals surface area (Å²) in [6, 6.07) is 81.3. The molecule has 0 unspecified atom stereocenters. The Hall–Kier alpha value is -9.58. The molecule has 1 saturated heterocycles. The quantitative estimate of drug-likeness (QED) is 0.0616. The van der Waals surface area contributed by atoms with Crippen LogP contribution in [-0.4, -0.2) is 85.9 Å². The second kappa shape index (κ2) is 44.3. The van der Waals surface area contributed by atoms with Crippen LogP contribution in [0, 0.1) is 35.5 Å². The molecule has 1 fully saturated rings. The van der Waals surface area contributed by atoms with Gasteiger partial charge in [0.15, 0.2) is 0 Å². The van der Waals surface area contributed by atoms with E-state index < -0.39 is 0 Å². The van der Waals surface area contributed by atoms with E-state index in [4.69, 9.17) is 0 Å². The second-order valence-electron chi connectivity index (χ2n) is 36.4. The molecule has 6 heterocycles. The number of hydrogen-bond donors (Lipinski definition) is 5. The molecular formula is C107H140N8O2. The Morgan fingerprint density at radius 3 is 1.21 bits per heavy atom. The first-order valence-electron chi connectivity index (χ1n) is 44.2. The molecule has 0 bridgehead atoms. The standard InChI is InChI=1S/C13H17N.C13H18.C12H18N2.C12H17N.C12H15N.C12H16.C11H11NO2.C11H15N.C11H13N/c1-10(2)7-8-11-9-14-13-6-4-3-5-12(11)13;1-10(2)7-11-8-12-5-3-4-6-13(12)9-11;1-10(2)13-11-8-14(9-11)12-6-4-3-5-7-12;1-9(2)13-12-7-10-5-3-4-6-11(10)8-12;1-9(2)7-10-8-13-12-6-4-3-5-11(10)12;1-9(2)12-7-10-5-3-4-6-11(10)8-12;1-7(2)12-10(13)8-5-3-4-6-9(8)11(12)14;1-9(2)12-7-10-5-3-4-6-11(10)8-12;1-8(2)10-7-12-11-6-4-3-5-9(10)11/h3-6,9-10,14H,7-8H2,1-2H3;3-6,10-11H,7-9H2,1-2H3;3-7,10-11,13H,8-9H2,1-2H3;3-6,9,12-13H,7-8H2,1-2H3;3-6,8-9,13H,7H2,1-2H3;3-6,9,12H,7-8H2,1-2H3;3-7H,1-2H3;3-6,9H,7-8H2,1-2H3;3-8,12H,1-2H3. The molecule has 10 nitrogen and oxygen atoms in total. The van der Waals surface area contributed by atoms with Crippen molar-refractivity contribution in [2.24, 2.45) is 35.5 Å². The van der Waals surface area contributed by atoms with Crippen molar-refractivity contribution in [2.75, 3.05) is 18.0 Å². The van der Waals surface area contributed by atoms with Crippen LogP contribution in [0.3, 0.4) is 0 Å². The van der Waals surface area contributed by atoms with E-state index in [2.05, 4.69) is 365 Å². The number of fused-ring (bicyclic) bond motifs is 8. The zero-order valence-electron chi connectivity index (χ0n) is 74.2. The SMILES string of the molecule is CC(C)C1Cc2ccccc2C1.CC(C)CC1Cc2ccccc2C1.CC(C)CCc1c[nH]c2ccccc12.CC(C)Cc1c[nH]c2ccccc12.CC(C)N1C(=O)c2ccccc2C1=O.CC(C)N1Cc2ccccc2C1.CC(C)NC1CN(c2ccccc2)C1.CC(C)NC1Cc2ccccc2C1.CC(C)c1c[nH]c2ccccc12. The number of anilines is 1. The lowest BCUT2D eigenvalue weighted by atomic mass is 9.93. The predicted octanol–water partition coefficient (Wildman–Crippen LogP) is 25.0. The number of nitrogens with zero attached hydrogens (tertiary/aromatic N) is 3. The minimum Gasteiger partial charge on any atom is -0.368 e. The first kappa shape index (κ1) is 89.8. The Balaban J connectivity index is 0.000000139. The molecule has 9 aromatic carbocycles. The van der Waals surface area contributed by atoms with Gasteiger partial charge in [-0.1, -0.05) is 279 Å². The third-order valence-corrected chi connectivity index (χ3v) is 23.3. The summed E-state index contributed by atoms with van der Waals surface area (Å²) in [7, 11) is 0. The number of aryl methyl sites for hydroxylation is 1. The summed E-state index contributed by atoms with van der Waals surface area (Å²) in [5.74, 6) is 5.22. The van der Waals surface area contributed by atoms with Crippen LogP contribution in [0.15, 0.2) is 243 Å². The largest absolute Gasteiger partial charge is 0.368 e. The van der Waals surface area contributed by atoms with Crippen LogP contribution in [0.4, 0.5) is 5.69 Å². The number of para-hydroxylation sites is 4. The van der Waals surface area contributed by atoms with Crippen molar-refractivity contribution < 1.29 is 9.59 Å². The number of amides is 2. The number of aromatic nitrogens is 3. The molecule has 0 spiro atoms. The molecule has 620 valence electrons. The van der Waals surface area contributed by atoms with Gasteiger partial charge in [0.2, 0.25) is 0 Å².